The largest absolute Gasteiger partial charge is 0.376 e. The van der Waals surface area contributed by atoms with Gasteiger partial charge in [-0.2, -0.15) is 0 Å². The molecule has 0 saturated carbocycles. The van der Waals surface area contributed by atoms with E-state index in [2.05, 4.69) is 15.3 Å². The fraction of sp³-hybridized carbons (Fsp3) is 0.739. The summed E-state index contributed by atoms with van der Waals surface area (Å²) in [5.74, 6) is -0.0292. The molecular weight excluding hydrogens is 443 g/mol. The summed E-state index contributed by atoms with van der Waals surface area (Å²) in [6, 6.07) is -0.498. The summed E-state index contributed by atoms with van der Waals surface area (Å²) >= 11 is 0. The number of hydrogen-bond acceptors (Lipinski definition) is 7. The molecule has 4 heterocycles. The number of nitrogens with one attached hydrogen (secondary N) is 1. The summed E-state index contributed by atoms with van der Waals surface area (Å²) < 4.78 is 24.9. The molecule has 10 nitrogen and oxygen atoms in total. The van der Waals surface area contributed by atoms with Gasteiger partial charge in [0.1, 0.15) is 6.10 Å². The maximum atomic E-state index is 13.1. The molecule has 1 aromatic rings. The zero-order chi connectivity index (χ0) is 24.1. The minimum absolute atomic E-state index is 0.0319. The second-order valence-electron chi connectivity index (χ2n) is 9.42. The van der Waals surface area contributed by atoms with Gasteiger partial charge in [-0.3, -0.25) is 4.79 Å². The van der Waals surface area contributed by atoms with E-state index in [1.807, 2.05) is 9.80 Å². The first-order chi connectivity index (χ1) is 16.4. The highest BCUT2D eigenvalue weighted by atomic mass is 19.1. The summed E-state index contributed by atoms with van der Waals surface area (Å²) in [4.78, 5) is 39.2. The SMILES string of the molecule is CN(C)C(=O)N1CCCC(NC(=O)[C@@H]2CCCO2)C1COC1CCN(c2ncc(F)cn2)CC1. The van der Waals surface area contributed by atoms with Gasteiger partial charge in [-0.15, -0.1) is 0 Å². The van der Waals surface area contributed by atoms with Crippen molar-refractivity contribution in [3.63, 3.8) is 0 Å². The summed E-state index contributed by atoms with van der Waals surface area (Å²) in [5.41, 5.74) is 0. The van der Waals surface area contributed by atoms with Crippen LogP contribution in [-0.2, 0) is 14.3 Å². The maximum Gasteiger partial charge on any atom is 0.319 e. The van der Waals surface area contributed by atoms with Crippen LogP contribution in [0.3, 0.4) is 0 Å². The van der Waals surface area contributed by atoms with Gasteiger partial charge in [0.05, 0.1) is 37.2 Å². The molecule has 0 radical (unpaired) electrons. The topological polar surface area (TPSA) is 100 Å². The monoisotopic (exact) mass is 478 g/mol. The van der Waals surface area contributed by atoms with Gasteiger partial charge in [0, 0.05) is 40.3 Å². The second kappa shape index (κ2) is 11.3. The van der Waals surface area contributed by atoms with Crippen molar-refractivity contribution in [2.24, 2.45) is 0 Å². The van der Waals surface area contributed by atoms with E-state index in [-0.39, 0.29) is 30.1 Å². The van der Waals surface area contributed by atoms with E-state index >= 15 is 0 Å². The number of carbonyl (C=O) groups excluding carboxylic acids is 2. The third kappa shape index (κ3) is 5.93. The fourth-order valence-corrected chi connectivity index (χ4v) is 4.91. The smallest absolute Gasteiger partial charge is 0.319 e. The average molecular weight is 479 g/mol. The second-order valence-corrected chi connectivity index (χ2v) is 9.42. The van der Waals surface area contributed by atoms with Crippen LogP contribution in [0, 0.1) is 5.82 Å². The Balaban J connectivity index is 1.35. The molecule has 1 aromatic heterocycles. The molecule has 188 valence electrons. The molecule has 3 fully saturated rings. The summed E-state index contributed by atoms with van der Waals surface area (Å²) in [7, 11) is 3.48. The minimum Gasteiger partial charge on any atom is -0.376 e. The predicted molar refractivity (Wildman–Crippen MR) is 123 cm³/mol. The van der Waals surface area contributed by atoms with E-state index in [0.717, 1.165) is 38.5 Å². The van der Waals surface area contributed by atoms with Crippen molar-refractivity contribution < 1.29 is 23.5 Å². The molecule has 0 aromatic carbocycles. The molecule has 3 aliphatic rings. The number of rotatable bonds is 6. The molecule has 3 saturated heterocycles. The zero-order valence-corrected chi connectivity index (χ0v) is 20.0. The van der Waals surface area contributed by atoms with Gasteiger partial charge in [0.15, 0.2) is 5.82 Å². The molecular formula is C23H35FN6O4. The molecule has 3 aliphatic heterocycles. The number of anilines is 1. The van der Waals surface area contributed by atoms with Gasteiger partial charge in [0.25, 0.3) is 0 Å². The van der Waals surface area contributed by atoms with E-state index in [9.17, 15) is 14.0 Å². The van der Waals surface area contributed by atoms with Crippen molar-refractivity contribution in [3.05, 3.63) is 18.2 Å². The van der Waals surface area contributed by atoms with Gasteiger partial charge < -0.3 is 29.5 Å². The number of halogens is 1. The molecule has 34 heavy (non-hydrogen) atoms. The van der Waals surface area contributed by atoms with E-state index in [1.165, 1.54) is 12.4 Å². The van der Waals surface area contributed by atoms with E-state index < -0.39 is 11.9 Å². The van der Waals surface area contributed by atoms with Crippen LogP contribution in [-0.4, -0.2) is 103 Å². The molecule has 11 heteroatoms. The van der Waals surface area contributed by atoms with Crippen LogP contribution in [0.1, 0.15) is 38.5 Å². The van der Waals surface area contributed by atoms with Crippen molar-refractivity contribution in [3.8, 4) is 0 Å². The molecule has 3 amide bonds. The molecule has 0 bridgehead atoms. The Morgan fingerprint density at radius 1 is 1.15 bits per heavy atom. The number of amides is 3. The third-order valence-corrected chi connectivity index (χ3v) is 6.79. The number of likely N-dealkylation sites (tertiary alicyclic amines) is 1. The van der Waals surface area contributed by atoms with Crippen molar-refractivity contribution in [2.75, 3.05) is 51.8 Å². The number of urea groups is 1. The van der Waals surface area contributed by atoms with Crippen LogP contribution >= 0.6 is 0 Å². The molecule has 4 rings (SSSR count). The lowest BCUT2D eigenvalue weighted by atomic mass is 9.96. The lowest BCUT2D eigenvalue weighted by Gasteiger charge is -2.43. The molecule has 0 aliphatic carbocycles. The zero-order valence-electron chi connectivity index (χ0n) is 20.0. The number of hydrogen-bond donors (Lipinski definition) is 1. The maximum absolute atomic E-state index is 13.1. The van der Waals surface area contributed by atoms with Crippen LogP contribution in [0.2, 0.25) is 0 Å². The highest BCUT2D eigenvalue weighted by Crippen LogP contribution is 2.24. The fourth-order valence-electron chi connectivity index (χ4n) is 4.91. The van der Waals surface area contributed by atoms with Crippen molar-refractivity contribution in [1.82, 2.24) is 25.1 Å². The Morgan fingerprint density at radius 2 is 1.88 bits per heavy atom. The van der Waals surface area contributed by atoms with E-state index in [4.69, 9.17) is 9.47 Å². The Bertz CT molecular complexity index is 827. The minimum atomic E-state index is -0.451. The van der Waals surface area contributed by atoms with Gasteiger partial charge in [-0.05, 0) is 38.5 Å². The highest BCUT2D eigenvalue weighted by Gasteiger charge is 2.38. The van der Waals surface area contributed by atoms with Gasteiger partial charge in [-0.1, -0.05) is 0 Å². The molecule has 3 atom stereocenters. The van der Waals surface area contributed by atoms with Gasteiger partial charge >= 0.3 is 6.03 Å². The van der Waals surface area contributed by atoms with Gasteiger partial charge in [0.2, 0.25) is 11.9 Å². The van der Waals surface area contributed by atoms with Crippen LogP contribution < -0.4 is 10.2 Å². The first-order valence-corrected chi connectivity index (χ1v) is 12.2. The summed E-state index contributed by atoms with van der Waals surface area (Å²) in [5, 5.41) is 3.14. The van der Waals surface area contributed by atoms with E-state index in [1.54, 1.807) is 19.0 Å². The Hall–Kier alpha value is -2.53. The van der Waals surface area contributed by atoms with E-state index in [0.29, 0.717) is 38.8 Å². The first kappa shape index (κ1) is 24.6. The number of aromatic nitrogens is 2. The number of ether oxygens (including phenoxy) is 2. The van der Waals surface area contributed by atoms with Crippen LogP contribution in [0.25, 0.3) is 0 Å². The summed E-state index contributed by atoms with van der Waals surface area (Å²) in [6.07, 6.45) is 6.78. The lowest BCUT2D eigenvalue weighted by Crippen LogP contribution is -2.61. The highest BCUT2D eigenvalue weighted by molar-refractivity contribution is 5.81. The third-order valence-electron chi connectivity index (χ3n) is 6.79. The number of piperidine rings is 2. The predicted octanol–water partition coefficient (Wildman–Crippen LogP) is 1.41. The first-order valence-electron chi connectivity index (χ1n) is 12.2. The Kier molecular flexibility index (Phi) is 8.15. The lowest BCUT2D eigenvalue weighted by molar-refractivity contribution is -0.132. The number of carbonyl (C=O) groups is 2. The Morgan fingerprint density at radius 3 is 2.53 bits per heavy atom. The quantitative estimate of drug-likeness (QED) is 0.660. The van der Waals surface area contributed by atoms with Crippen LogP contribution in [0.15, 0.2) is 12.4 Å². The standard InChI is InChI=1S/C23H35FN6O4/c1-28(2)23(32)30-9-3-5-18(27-21(31)20-6-4-12-33-20)19(30)15-34-17-7-10-29(11-8-17)22-25-13-16(24)14-26-22/h13-14,17-20H,3-12,15H2,1-2H3,(H,27,31)/t18?,19?,20-/m0/s1. The van der Waals surface area contributed by atoms with Crippen LogP contribution in [0.4, 0.5) is 15.1 Å². The van der Waals surface area contributed by atoms with Crippen molar-refractivity contribution in [1.29, 1.82) is 0 Å². The van der Waals surface area contributed by atoms with Crippen LogP contribution in [0.5, 0.6) is 0 Å². The van der Waals surface area contributed by atoms with Crippen molar-refractivity contribution >= 4 is 17.9 Å². The summed E-state index contributed by atoms with van der Waals surface area (Å²) in [6.45, 7) is 3.02. The Labute approximate surface area is 199 Å². The normalized spacial score (nSPS) is 25.9. The number of nitrogens with zero attached hydrogens (tertiary/aromatic N) is 5. The molecule has 1 N–H and O–H groups in total. The molecule has 2 unspecified atom stereocenters. The molecule has 0 spiro atoms. The average Bonchev–Trinajstić information content (AvgIpc) is 3.39. The van der Waals surface area contributed by atoms with Gasteiger partial charge in [-0.25, -0.2) is 19.2 Å². The van der Waals surface area contributed by atoms with Crippen molar-refractivity contribution in [2.45, 2.75) is 62.8 Å².